The van der Waals surface area contributed by atoms with Crippen LogP contribution in [0, 0.1) is 4.77 Å². The normalized spacial score (nSPS) is 11.0. The van der Waals surface area contributed by atoms with Crippen molar-refractivity contribution in [2.75, 3.05) is 0 Å². The molecule has 2 rings (SSSR count). The first-order valence-electron chi connectivity index (χ1n) is 3.90. The summed E-state index contributed by atoms with van der Waals surface area (Å²) in [7, 11) is 0. The Morgan fingerprint density at radius 2 is 2.00 bits per heavy atom. The van der Waals surface area contributed by atoms with Crippen LogP contribution in [-0.2, 0) is 13.5 Å². The summed E-state index contributed by atoms with van der Waals surface area (Å²) in [6.07, 6.45) is 2.91. The summed E-state index contributed by atoms with van der Waals surface area (Å²) < 4.78 is 3.19. The number of hydrogen-bond donors (Lipinski definition) is 2. The Morgan fingerprint density at radius 1 is 1.29 bits per heavy atom. The summed E-state index contributed by atoms with van der Waals surface area (Å²) in [5.74, 6) is 0. The van der Waals surface area contributed by atoms with Crippen LogP contribution in [0.3, 0.4) is 0 Å². The maximum atomic E-state index is 9.07. The van der Waals surface area contributed by atoms with E-state index in [1.165, 1.54) is 15.5 Å². The maximum absolute atomic E-state index is 9.07. The van der Waals surface area contributed by atoms with Gasteiger partial charge in [-0.1, -0.05) is 0 Å². The van der Waals surface area contributed by atoms with Crippen molar-refractivity contribution in [1.29, 1.82) is 0 Å². The highest BCUT2D eigenvalue weighted by molar-refractivity contribution is 7.71. The fourth-order valence-corrected chi connectivity index (χ4v) is 1.62. The van der Waals surface area contributed by atoms with E-state index in [4.69, 9.17) is 22.4 Å². The van der Waals surface area contributed by atoms with Crippen LogP contribution in [-0.4, -0.2) is 29.3 Å². The molecular weight excluding hydrogens is 204 g/mol. The van der Waals surface area contributed by atoms with E-state index in [9.17, 15) is 0 Å². The van der Waals surface area contributed by atoms with Crippen molar-refractivity contribution < 1.29 is 10.2 Å². The van der Waals surface area contributed by atoms with Gasteiger partial charge in [0.25, 0.3) is 0 Å². The number of nitrogens with zero attached hydrogens (tertiary/aromatic N) is 4. The van der Waals surface area contributed by atoms with Crippen molar-refractivity contribution in [3.05, 3.63) is 17.3 Å². The highest BCUT2D eigenvalue weighted by Crippen LogP contribution is 2.13. The predicted octanol–water partition coefficient (Wildman–Crippen LogP) is -0.138. The predicted molar refractivity (Wildman–Crippen MR) is 50.8 cm³/mol. The SMILES string of the molecule is OCn1c(=S)n(CO)c2ncncc21. The Kier molecular flexibility index (Phi) is 2.28. The summed E-state index contributed by atoms with van der Waals surface area (Å²) in [6, 6.07) is 0. The molecule has 0 aliphatic carbocycles. The van der Waals surface area contributed by atoms with Crippen LogP contribution in [0.1, 0.15) is 0 Å². The van der Waals surface area contributed by atoms with Gasteiger partial charge in [0.05, 0.1) is 6.20 Å². The molecule has 0 saturated heterocycles. The average Bonchev–Trinajstić information content (AvgIpc) is 2.49. The number of imidazole rings is 1. The summed E-state index contributed by atoms with van der Waals surface area (Å²) >= 11 is 5.03. The minimum absolute atomic E-state index is 0.254. The summed E-state index contributed by atoms with van der Waals surface area (Å²) in [5.41, 5.74) is 1.12. The van der Waals surface area contributed by atoms with Gasteiger partial charge in [-0.2, -0.15) is 0 Å². The lowest BCUT2D eigenvalue weighted by molar-refractivity contribution is 0.195. The van der Waals surface area contributed by atoms with E-state index < -0.39 is 0 Å². The molecule has 0 saturated carbocycles. The Labute approximate surface area is 84.1 Å². The van der Waals surface area contributed by atoms with E-state index in [1.54, 1.807) is 6.20 Å². The van der Waals surface area contributed by atoms with Crippen LogP contribution < -0.4 is 0 Å². The first kappa shape index (κ1) is 9.25. The molecule has 0 aliphatic rings. The monoisotopic (exact) mass is 212 g/mol. The van der Waals surface area contributed by atoms with Gasteiger partial charge in [-0.25, -0.2) is 9.97 Å². The molecule has 0 aromatic carbocycles. The van der Waals surface area contributed by atoms with Crippen molar-refractivity contribution in [3.8, 4) is 0 Å². The van der Waals surface area contributed by atoms with Gasteiger partial charge in [0, 0.05) is 0 Å². The molecule has 0 atom stereocenters. The maximum Gasteiger partial charge on any atom is 0.185 e. The number of hydrogen-bond acceptors (Lipinski definition) is 5. The average molecular weight is 212 g/mol. The third-order valence-electron chi connectivity index (χ3n) is 1.96. The van der Waals surface area contributed by atoms with E-state index in [1.807, 2.05) is 0 Å². The molecule has 2 aromatic rings. The zero-order chi connectivity index (χ0) is 10.1. The second-order valence-electron chi connectivity index (χ2n) is 2.65. The van der Waals surface area contributed by atoms with Gasteiger partial charge in [0.1, 0.15) is 25.3 Å². The van der Waals surface area contributed by atoms with Gasteiger partial charge in [-0.3, -0.25) is 9.13 Å². The third kappa shape index (κ3) is 1.14. The van der Waals surface area contributed by atoms with E-state index >= 15 is 0 Å². The Balaban J connectivity index is 2.92. The molecule has 0 unspecified atom stereocenters. The smallest absolute Gasteiger partial charge is 0.185 e. The summed E-state index contributed by atoms with van der Waals surface area (Å²) in [5, 5.41) is 18.1. The molecule has 2 heterocycles. The van der Waals surface area contributed by atoms with Crippen LogP contribution >= 0.6 is 12.2 Å². The lowest BCUT2D eigenvalue weighted by Gasteiger charge is -1.95. The number of rotatable bonds is 2. The van der Waals surface area contributed by atoms with E-state index in [2.05, 4.69) is 9.97 Å². The van der Waals surface area contributed by atoms with Gasteiger partial charge in [0.15, 0.2) is 10.4 Å². The van der Waals surface area contributed by atoms with Crippen LogP contribution in [0.15, 0.2) is 12.5 Å². The molecule has 0 spiro atoms. The molecular formula is C7H8N4O2S. The van der Waals surface area contributed by atoms with Crippen LogP contribution in [0.25, 0.3) is 11.2 Å². The molecule has 0 radical (unpaired) electrons. The first-order valence-corrected chi connectivity index (χ1v) is 4.31. The largest absolute Gasteiger partial charge is 0.376 e. The number of fused-ring (bicyclic) bond motifs is 1. The van der Waals surface area contributed by atoms with Gasteiger partial charge < -0.3 is 10.2 Å². The third-order valence-corrected chi connectivity index (χ3v) is 2.40. The Hall–Kier alpha value is -1.31. The number of aliphatic hydroxyl groups is 2. The van der Waals surface area contributed by atoms with Crippen molar-refractivity contribution in [1.82, 2.24) is 19.1 Å². The van der Waals surface area contributed by atoms with E-state index in [0.29, 0.717) is 15.9 Å². The molecule has 0 bridgehead atoms. The second kappa shape index (κ2) is 3.45. The van der Waals surface area contributed by atoms with Gasteiger partial charge in [0.2, 0.25) is 0 Å². The van der Waals surface area contributed by atoms with Gasteiger partial charge in [-0.05, 0) is 12.2 Å². The van der Waals surface area contributed by atoms with Crippen molar-refractivity contribution in [3.63, 3.8) is 0 Å². The fourth-order valence-electron chi connectivity index (χ4n) is 1.32. The minimum Gasteiger partial charge on any atom is -0.376 e. The zero-order valence-corrected chi connectivity index (χ0v) is 7.98. The minimum atomic E-state index is -0.265. The molecule has 0 fully saturated rings. The summed E-state index contributed by atoms with van der Waals surface area (Å²) in [6.45, 7) is -0.519. The lowest BCUT2D eigenvalue weighted by Crippen LogP contribution is -2.00. The molecule has 14 heavy (non-hydrogen) atoms. The summed E-state index contributed by atoms with van der Waals surface area (Å²) in [4.78, 5) is 7.80. The molecule has 7 heteroatoms. The Morgan fingerprint density at radius 3 is 2.64 bits per heavy atom. The molecule has 2 aromatic heterocycles. The number of aromatic nitrogens is 4. The quantitative estimate of drug-likeness (QED) is 0.678. The fraction of sp³-hybridized carbons (Fsp3) is 0.286. The number of aliphatic hydroxyl groups excluding tert-OH is 2. The highest BCUT2D eigenvalue weighted by Gasteiger charge is 2.09. The molecule has 74 valence electrons. The van der Waals surface area contributed by atoms with Gasteiger partial charge in [-0.15, -0.1) is 0 Å². The van der Waals surface area contributed by atoms with Gasteiger partial charge >= 0.3 is 0 Å². The Bertz CT molecular complexity index is 474. The zero-order valence-electron chi connectivity index (χ0n) is 7.16. The van der Waals surface area contributed by atoms with E-state index in [0.717, 1.165) is 0 Å². The van der Waals surface area contributed by atoms with Crippen molar-refractivity contribution in [2.24, 2.45) is 0 Å². The van der Waals surface area contributed by atoms with Crippen molar-refractivity contribution >= 4 is 23.4 Å². The van der Waals surface area contributed by atoms with Crippen LogP contribution in [0.4, 0.5) is 0 Å². The van der Waals surface area contributed by atoms with Crippen LogP contribution in [0.5, 0.6) is 0 Å². The topological polar surface area (TPSA) is 76.1 Å². The molecule has 6 nitrogen and oxygen atoms in total. The van der Waals surface area contributed by atoms with Crippen molar-refractivity contribution in [2.45, 2.75) is 13.5 Å². The highest BCUT2D eigenvalue weighted by atomic mass is 32.1. The molecule has 0 amide bonds. The second-order valence-corrected chi connectivity index (χ2v) is 3.02. The standard InChI is InChI=1S/C7H8N4O2S/c12-3-10-5-1-8-2-9-6(5)11(4-13)7(10)14/h1-2,12-13H,3-4H2. The van der Waals surface area contributed by atoms with Crippen LogP contribution in [0.2, 0.25) is 0 Å². The lowest BCUT2D eigenvalue weighted by atomic mass is 10.5. The molecule has 2 N–H and O–H groups in total. The first-order chi connectivity index (χ1) is 6.79. The van der Waals surface area contributed by atoms with E-state index in [-0.39, 0.29) is 13.5 Å². The molecule has 0 aliphatic heterocycles.